The summed E-state index contributed by atoms with van der Waals surface area (Å²) in [5, 5.41) is 0. The number of carbonyl (C=O) groups excluding carboxylic acids is 6. The van der Waals surface area contributed by atoms with Gasteiger partial charge in [-0.15, -0.1) is 0 Å². The number of benzene rings is 6. The van der Waals surface area contributed by atoms with Crippen LogP contribution in [0.15, 0.2) is 182 Å². The Bertz CT molecular complexity index is 2660. The highest BCUT2D eigenvalue weighted by molar-refractivity contribution is 5.92. The predicted molar refractivity (Wildman–Crippen MR) is 265 cm³/mol. The number of hydrogen-bond acceptors (Lipinski definition) is 18. The third-order valence-corrected chi connectivity index (χ3v) is 12.3. The first-order valence-electron chi connectivity index (χ1n) is 24.5. The minimum atomic E-state index is -1.48. The summed E-state index contributed by atoms with van der Waals surface area (Å²) in [7, 11) is 0. The van der Waals surface area contributed by atoms with E-state index < -0.39 is 110 Å². The van der Waals surface area contributed by atoms with Gasteiger partial charge in [-0.1, -0.05) is 109 Å². The van der Waals surface area contributed by atoms with Gasteiger partial charge in [0, 0.05) is 0 Å². The molecule has 0 aromatic heterocycles. The lowest BCUT2D eigenvalue weighted by molar-refractivity contribution is -0.332. The second-order valence-corrected chi connectivity index (χ2v) is 17.4. The molecule has 0 unspecified atom stereocenters. The molecular formula is C58H52O18. The van der Waals surface area contributed by atoms with Crippen LogP contribution in [0.3, 0.4) is 0 Å². The molecule has 0 aliphatic carbocycles. The molecule has 0 amide bonds. The topological polar surface area (TPSA) is 213 Å². The molecule has 18 nitrogen and oxygen atoms in total. The molecular weight excluding hydrogens is 985 g/mol. The van der Waals surface area contributed by atoms with E-state index in [-0.39, 0.29) is 59.8 Å². The van der Waals surface area contributed by atoms with E-state index in [2.05, 4.69) is 0 Å². The maximum atomic E-state index is 14.0. The van der Waals surface area contributed by atoms with Crippen molar-refractivity contribution in [3.05, 3.63) is 215 Å². The van der Waals surface area contributed by atoms with Crippen molar-refractivity contribution < 1.29 is 85.6 Å². The van der Waals surface area contributed by atoms with Crippen LogP contribution >= 0.6 is 0 Å². The van der Waals surface area contributed by atoms with E-state index in [0.717, 1.165) is 0 Å². The van der Waals surface area contributed by atoms with Gasteiger partial charge in [0.15, 0.2) is 37.0 Å². The predicted octanol–water partition coefficient (Wildman–Crippen LogP) is 6.87. The summed E-state index contributed by atoms with van der Waals surface area (Å²) < 4.78 is 74.8. The minimum absolute atomic E-state index is 0.163. The lowest BCUT2D eigenvalue weighted by Crippen LogP contribution is -2.64. The average Bonchev–Trinajstić information content (AvgIpc) is 3.47. The van der Waals surface area contributed by atoms with E-state index >= 15 is 0 Å². The van der Waals surface area contributed by atoms with E-state index in [0.29, 0.717) is 0 Å². The van der Waals surface area contributed by atoms with Crippen molar-refractivity contribution >= 4 is 35.8 Å². The van der Waals surface area contributed by atoms with E-state index in [4.69, 9.17) is 56.8 Å². The third kappa shape index (κ3) is 13.4. The van der Waals surface area contributed by atoms with Crippen LogP contribution in [0.5, 0.6) is 0 Å². The molecule has 3 aliphatic heterocycles. The molecule has 6 aromatic rings. The normalized spacial score (nSPS) is 24.5. The smallest absolute Gasteiger partial charge is 0.338 e. The van der Waals surface area contributed by atoms with Crippen molar-refractivity contribution in [2.24, 2.45) is 0 Å². The highest BCUT2D eigenvalue weighted by Crippen LogP contribution is 2.34. The van der Waals surface area contributed by atoms with E-state index in [1.165, 1.54) is 24.3 Å². The van der Waals surface area contributed by atoms with Gasteiger partial charge in [0.05, 0.1) is 59.8 Å². The zero-order chi connectivity index (χ0) is 52.6. The summed E-state index contributed by atoms with van der Waals surface area (Å²) in [5.74, 6) is -4.66. The second-order valence-electron chi connectivity index (χ2n) is 17.4. The summed E-state index contributed by atoms with van der Waals surface area (Å²) in [6.45, 7) is -2.23. The zero-order valence-electron chi connectivity index (χ0n) is 40.7. The van der Waals surface area contributed by atoms with Crippen molar-refractivity contribution in [3.63, 3.8) is 0 Å². The van der Waals surface area contributed by atoms with E-state index in [1.54, 1.807) is 158 Å². The van der Waals surface area contributed by atoms with Gasteiger partial charge in [-0.25, -0.2) is 28.8 Å². The molecule has 392 valence electrons. The maximum absolute atomic E-state index is 14.0. The van der Waals surface area contributed by atoms with Crippen LogP contribution in [-0.2, 0) is 56.8 Å². The standard InChI is InChI=1S/C58H52O18/c59-51(37-19-7-1-8-20-37)69-35-43-45(73-53(61)39-23-11-3-12-24-39)47(75-55(63)41-27-15-5-16-28-41)49-57(71-43)67-33-31-66-50-48(76-56(64)42-29-17-6-18-30-42)46(74-54(62)40-25-13-4-14-26-40)44(72-58(50)68-34-32-65-49)36-70-52(60)38-21-9-2-10-22-38/h1-30,43-50,57-58H,31-36H2/t43-,44-,45-,46-,47+,48+,49-,50-,57-,58+/m1/s1. The fourth-order valence-electron chi connectivity index (χ4n) is 8.59. The van der Waals surface area contributed by atoms with Gasteiger partial charge in [-0.3, -0.25) is 0 Å². The summed E-state index contributed by atoms with van der Waals surface area (Å²) in [6.07, 6.45) is -14.1. The first kappa shape index (κ1) is 52.8. The molecule has 0 N–H and O–H groups in total. The van der Waals surface area contributed by atoms with Crippen molar-refractivity contribution in [2.75, 3.05) is 39.6 Å². The molecule has 0 spiro atoms. The Morgan fingerprint density at radius 1 is 0.316 bits per heavy atom. The summed E-state index contributed by atoms with van der Waals surface area (Å²) in [5.41, 5.74) is 1.13. The monoisotopic (exact) mass is 1040 g/mol. The highest BCUT2D eigenvalue weighted by Gasteiger charge is 2.55. The Morgan fingerprint density at radius 3 is 0.829 bits per heavy atom. The fourth-order valence-corrected chi connectivity index (χ4v) is 8.59. The lowest BCUT2D eigenvalue weighted by atomic mass is 9.97. The van der Waals surface area contributed by atoms with Crippen LogP contribution in [0.1, 0.15) is 62.1 Å². The van der Waals surface area contributed by atoms with Crippen LogP contribution in [0.4, 0.5) is 0 Å². The Kier molecular flexibility index (Phi) is 18.0. The molecule has 76 heavy (non-hydrogen) atoms. The van der Waals surface area contributed by atoms with Crippen molar-refractivity contribution in [3.8, 4) is 0 Å². The first-order valence-corrected chi connectivity index (χ1v) is 24.5. The molecule has 9 rings (SSSR count). The van der Waals surface area contributed by atoms with Gasteiger partial charge < -0.3 is 56.8 Å². The molecule has 3 fully saturated rings. The van der Waals surface area contributed by atoms with Gasteiger partial charge in [-0.2, -0.15) is 0 Å². The molecule has 0 saturated carbocycles. The molecule has 3 saturated heterocycles. The molecule has 10 atom stereocenters. The molecule has 0 bridgehead atoms. The van der Waals surface area contributed by atoms with E-state index in [1.807, 2.05) is 0 Å². The Balaban J connectivity index is 1.03. The molecule has 18 heteroatoms. The van der Waals surface area contributed by atoms with Crippen LogP contribution in [0, 0.1) is 0 Å². The number of ether oxygens (including phenoxy) is 12. The summed E-state index contributed by atoms with van der Waals surface area (Å²) in [4.78, 5) is 82.5. The first-order chi connectivity index (χ1) is 37.2. The van der Waals surface area contributed by atoms with Crippen LogP contribution < -0.4 is 0 Å². The van der Waals surface area contributed by atoms with Gasteiger partial charge in [-0.05, 0) is 72.8 Å². The average molecular weight is 1040 g/mol. The number of rotatable bonds is 14. The van der Waals surface area contributed by atoms with E-state index in [9.17, 15) is 28.8 Å². The number of carbonyl (C=O) groups is 6. The van der Waals surface area contributed by atoms with Crippen molar-refractivity contribution in [1.82, 2.24) is 0 Å². The molecule has 6 aromatic carbocycles. The van der Waals surface area contributed by atoms with Gasteiger partial charge in [0.1, 0.15) is 37.6 Å². The number of fused-ring (bicyclic) bond motifs is 2. The largest absolute Gasteiger partial charge is 0.459 e. The highest BCUT2D eigenvalue weighted by atomic mass is 16.8. The number of hydrogen-bond donors (Lipinski definition) is 0. The van der Waals surface area contributed by atoms with Crippen LogP contribution in [0.2, 0.25) is 0 Å². The summed E-state index contributed by atoms with van der Waals surface area (Å²) in [6, 6.07) is 48.8. The van der Waals surface area contributed by atoms with Gasteiger partial charge in [0.25, 0.3) is 0 Å². The Morgan fingerprint density at radius 2 is 0.553 bits per heavy atom. The van der Waals surface area contributed by atoms with Crippen LogP contribution in [-0.4, -0.2) is 137 Å². The maximum Gasteiger partial charge on any atom is 0.338 e. The fraction of sp³-hybridized carbons (Fsp3) is 0.276. The van der Waals surface area contributed by atoms with Crippen molar-refractivity contribution in [1.29, 1.82) is 0 Å². The van der Waals surface area contributed by atoms with Gasteiger partial charge in [0.2, 0.25) is 0 Å². The summed E-state index contributed by atoms with van der Waals surface area (Å²) >= 11 is 0. The Hall–Kier alpha value is -8.10. The lowest BCUT2D eigenvalue weighted by Gasteiger charge is -2.46. The van der Waals surface area contributed by atoms with Gasteiger partial charge >= 0.3 is 35.8 Å². The molecule has 3 aliphatic rings. The number of esters is 6. The quantitative estimate of drug-likeness (QED) is 0.0804. The second kappa shape index (κ2) is 25.9. The SMILES string of the molecule is O=C(OC[C@H]1O[C@H]2OCCO[C@H]3[C@@H](OCCO[C@@H]2[C@@H](OC(=O)c2ccccc2)[C@@H]1OC(=O)c1ccccc1)O[C@H](COC(=O)c1ccccc1)[C@@H](OC(=O)c1ccccc1)[C@@H]3OC(=O)c1ccccc1)c1ccccc1. The van der Waals surface area contributed by atoms with Crippen molar-refractivity contribution in [2.45, 2.75) is 61.4 Å². The molecule has 3 heterocycles. The zero-order valence-corrected chi connectivity index (χ0v) is 40.7. The van der Waals surface area contributed by atoms with Crippen LogP contribution in [0.25, 0.3) is 0 Å². The Labute approximate surface area is 436 Å². The molecule has 0 radical (unpaired) electrons. The third-order valence-electron chi connectivity index (χ3n) is 12.3. The minimum Gasteiger partial charge on any atom is -0.459 e.